The summed E-state index contributed by atoms with van der Waals surface area (Å²) < 4.78 is 16.8. The number of hydrogen-bond acceptors (Lipinski definition) is 9. The molecule has 2 aromatic rings. The summed E-state index contributed by atoms with van der Waals surface area (Å²) in [5.41, 5.74) is 2.13. The molecule has 11 heteroatoms. The Hall–Kier alpha value is -2.57. The van der Waals surface area contributed by atoms with E-state index in [1.165, 1.54) is 11.3 Å². The molecule has 1 aromatic heterocycles. The van der Waals surface area contributed by atoms with Crippen LogP contribution in [0.4, 0.5) is 10.8 Å². The standard InChI is InChI=1S/C28H39N5O5S/c1-28(2)18-37-12-10-33(28)15-19-6-7-23(22(13-19)25(34)29-14-20-5-4-11-38-20)30-26(35)24-17-39-27(31-24)32-9-8-21(16-32)36-3/h6-7,13,17,20-21H,4-5,8-12,14-16,18H2,1-3H3,(H,29,34)(H,30,35)/t20-,21-/m0/s1. The van der Waals surface area contributed by atoms with Crippen molar-refractivity contribution in [3.8, 4) is 0 Å². The molecule has 5 rings (SSSR count). The molecule has 4 heterocycles. The van der Waals surface area contributed by atoms with Gasteiger partial charge in [-0.2, -0.15) is 0 Å². The van der Waals surface area contributed by atoms with E-state index in [2.05, 4.69) is 39.3 Å². The Labute approximate surface area is 234 Å². The van der Waals surface area contributed by atoms with Gasteiger partial charge in [0.05, 0.1) is 36.7 Å². The topological polar surface area (TPSA) is 105 Å². The smallest absolute Gasteiger partial charge is 0.275 e. The van der Waals surface area contributed by atoms with E-state index in [0.29, 0.717) is 43.2 Å². The maximum absolute atomic E-state index is 13.4. The number of thiazole rings is 1. The SMILES string of the molecule is CO[C@H]1CCN(c2nc(C(=O)Nc3ccc(CN4CCOCC4(C)C)cc3C(=O)NC[C@@H]3CCCO3)cs2)C1. The number of anilines is 2. The Morgan fingerprint density at radius 1 is 1.21 bits per heavy atom. The number of methoxy groups -OCH3 is 1. The molecule has 0 saturated carbocycles. The molecule has 3 fully saturated rings. The predicted molar refractivity (Wildman–Crippen MR) is 151 cm³/mol. The summed E-state index contributed by atoms with van der Waals surface area (Å²) >= 11 is 1.44. The van der Waals surface area contributed by atoms with Gasteiger partial charge in [0, 0.05) is 57.4 Å². The lowest BCUT2D eigenvalue weighted by atomic mass is 10.00. The zero-order valence-corrected chi connectivity index (χ0v) is 23.8. The lowest BCUT2D eigenvalue weighted by molar-refractivity contribution is -0.0552. The molecule has 212 valence electrons. The Kier molecular flexibility index (Phi) is 8.82. The third-order valence-electron chi connectivity index (χ3n) is 7.75. The fourth-order valence-corrected chi connectivity index (χ4v) is 6.14. The van der Waals surface area contributed by atoms with E-state index in [4.69, 9.17) is 14.2 Å². The summed E-state index contributed by atoms with van der Waals surface area (Å²) in [6.45, 7) is 9.97. The van der Waals surface area contributed by atoms with Crippen molar-refractivity contribution < 1.29 is 23.8 Å². The molecule has 0 unspecified atom stereocenters. The van der Waals surface area contributed by atoms with Gasteiger partial charge in [-0.05, 0) is 50.8 Å². The highest BCUT2D eigenvalue weighted by molar-refractivity contribution is 7.14. The van der Waals surface area contributed by atoms with Crippen molar-refractivity contribution >= 4 is 34.0 Å². The van der Waals surface area contributed by atoms with Crippen LogP contribution in [0.3, 0.4) is 0 Å². The first-order chi connectivity index (χ1) is 18.8. The van der Waals surface area contributed by atoms with Gasteiger partial charge in [0.2, 0.25) is 0 Å². The monoisotopic (exact) mass is 557 g/mol. The first kappa shape index (κ1) is 28.0. The van der Waals surface area contributed by atoms with Crippen LogP contribution in [-0.4, -0.2) is 92.6 Å². The maximum atomic E-state index is 13.4. The summed E-state index contributed by atoms with van der Waals surface area (Å²) in [5, 5.41) is 8.52. The Morgan fingerprint density at radius 3 is 2.82 bits per heavy atom. The molecule has 0 bridgehead atoms. The molecule has 2 N–H and O–H groups in total. The number of rotatable bonds is 9. The van der Waals surface area contributed by atoms with E-state index in [-0.39, 0.29) is 29.6 Å². The van der Waals surface area contributed by atoms with Gasteiger partial charge in [0.1, 0.15) is 5.69 Å². The van der Waals surface area contributed by atoms with Crippen molar-refractivity contribution in [2.45, 2.75) is 57.4 Å². The van der Waals surface area contributed by atoms with E-state index >= 15 is 0 Å². The predicted octanol–water partition coefficient (Wildman–Crippen LogP) is 3.14. The average Bonchev–Trinajstić information content (AvgIpc) is 3.71. The van der Waals surface area contributed by atoms with Crippen LogP contribution in [0.5, 0.6) is 0 Å². The number of carbonyl (C=O) groups is 2. The van der Waals surface area contributed by atoms with Crippen LogP contribution in [-0.2, 0) is 20.8 Å². The average molecular weight is 558 g/mol. The summed E-state index contributed by atoms with van der Waals surface area (Å²) in [5.74, 6) is -0.569. The van der Waals surface area contributed by atoms with Gasteiger partial charge in [-0.3, -0.25) is 14.5 Å². The number of amides is 2. The molecule has 3 saturated heterocycles. The normalized spacial score (nSPS) is 23.2. The van der Waals surface area contributed by atoms with Crippen LogP contribution >= 0.6 is 11.3 Å². The largest absolute Gasteiger partial charge is 0.380 e. The number of morpholine rings is 1. The minimum atomic E-state index is -0.338. The molecule has 39 heavy (non-hydrogen) atoms. The Morgan fingerprint density at radius 2 is 2.08 bits per heavy atom. The number of aromatic nitrogens is 1. The number of nitrogens with one attached hydrogen (secondary N) is 2. The fraction of sp³-hybridized carbons (Fsp3) is 0.607. The molecule has 0 aliphatic carbocycles. The highest BCUT2D eigenvalue weighted by Gasteiger charge is 2.31. The van der Waals surface area contributed by atoms with Gasteiger partial charge in [-0.1, -0.05) is 6.07 Å². The molecule has 2 amide bonds. The van der Waals surface area contributed by atoms with E-state index in [1.807, 2.05) is 18.2 Å². The molecular formula is C28H39N5O5S. The van der Waals surface area contributed by atoms with Crippen molar-refractivity contribution in [2.75, 3.05) is 63.3 Å². The second-order valence-corrected chi connectivity index (χ2v) is 11.9. The van der Waals surface area contributed by atoms with Crippen LogP contribution in [0, 0.1) is 0 Å². The van der Waals surface area contributed by atoms with Crippen molar-refractivity contribution in [3.05, 3.63) is 40.4 Å². The van der Waals surface area contributed by atoms with Gasteiger partial charge in [0.15, 0.2) is 5.13 Å². The first-order valence-corrected chi connectivity index (χ1v) is 14.6. The highest BCUT2D eigenvalue weighted by atomic mass is 32.1. The molecule has 0 radical (unpaired) electrons. The molecule has 3 aliphatic rings. The number of carbonyl (C=O) groups excluding carboxylic acids is 2. The van der Waals surface area contributed by atoms with Crippen molar-refractivity contribution in [3.63, 3.8) is 0 Å². The second kappa shape index (κ2) is 12.3. The van der Waals surface area contributed by atoms with Gasteiger partial charge < -0.3 is 29.7 Å². The summed E-state index contributed by atoms with van der Waals surface area (Å²) in [7, 11) is 1.72. The second-order valence-electron chi connectivity index (χ2n) is 11.1. The summed E-state index contributed by atoms with van der Waals surface area (Å²) in [4.78, 5) is 35.6. The quantitative estimate of drug-likeness (QED) is 0.485. The zero-order valence-electron chi connectivity index (χ0n) is 23.0. The number of hydrogen-bond donors (Lipinski definition) is 2. The summed E-state index contributed by atoms with van der Waals surface area (Å²) in [6, 6.07) is 5.67. The minimum absolute atomic E-state index is 0.0287. The van der Waals surface area contributed by atoms with Crippen LogP contribution in [0.1, 0.15) is 59.5 Å². The summed E-state index contributed by atoms with van der Waals surface area (Å²) in [6.07, 6.45) is 3.09. The van der Waals surface area contributed by atoms with Crippen LogP contribution in [0.25, 0.3) is 0 Å². The minimum Gasteiger partial charge on any atom is -0.380 e. The molecular weight excluding hydrogens is 518 g/mol. The fourth-order valence-electron chi connectivity index (χ4n) is 5.29. The molecule has 3 aliphatic heterocycles. The van der Waals surface area contributed by atoms with E-state index in [0.717, 1.165) is 56.2 Å². The third kappa shape index (κ3) is 6.78. The Bertz CT molecular complexity index is 1160. The van der Waals surface area contributed by atoms with Crippen LogP contribution in [0.2, 0.25) is 0 Å². The number of benzene rings is 1. The Balaban J connectivity index is 1.32. The van der Waals surface area contributed by atoms with Crippen molar-refractivity contribution in [1.29, 1.82) is 0 Å². The molecule has 2 atom stereocenters. The lowest BCUT2D eigenvalue weighted by Crippen LogP contribution is -2.52. The van der Waals surface area contributed by atoms with E-state index in [9.17, 15) is 9.59 Å². The maximum Gasteiger partial charge on any atom is 0.275 e. The van der Waals surface area contributed by atoms with Crippen LogP contribution in [0.15, 0.2) is 23.6 Å². The van der Waals surface area contributed by atoms with Crippen LogP contribution < -0.4 is 15.5 Å². The zero-order chi connectivity index (χ0) is 27.4. The van der Waals surface area contributed by atoms with E-state index in [1.54, 1.807) is 12.5 Å². The lowest BCUT2D eigenvalue weighted by Gasteiger charge is -2.42. The van der Waals surface area contributed by atoms with Gasteiger partial charge >= 0.3 is 0 Å². The third-order valence-corrected chi connectivity index (χ3v) is 8.66. The van der Waals surface area contributed by atoms with Gasteiger partial charge in [-0.25, -0.2) is 4.98 Å². The van der Waals surface area contributed by atoms with E-state index < -0.39 is 0 Å². The number of ether oxygens (including phenoxy) is 3. The number of nitrogens with zero attached hydrogens (tertiary/aromatic N) is 3. The first-order valence-electron chi connectivity index (χ1n) is 13.7. The van der Waals surface area contributed by atoms with Crippen molar-refractivity contribution in [2.24, 2.45) is 0 Å². The van der Waals surface area contributed by atoms with Gasteiger partial charge in [0.25, 0.3) is 11.8 Å². The molecule has 0 spiro atoms. The highest BCUT2D eigenvalue weighted by Crippen LogP contribution is 2.28. The molecule has 10 nitrogen and oxygen atoms in total. The van der Waals surface area contributed by atoms with Crippen molar-refractivity contribution in [1.82, 2.24) is 15.2 Å². The van der Waals surface area contributed by atoms with Gasteiger partial charge in [-0.15, -0.1) is 11.3 Å². The molecule has 1 aromatic carbocycles.